The summed E-state index contributed by atoms with van der Waals surface area (Å²) < 4.78 is 7.28. The minimum absolute atomic E-state index is 0.652. The summed E-state index contributed by atoms with van der Waals surface area (Å²) in [7, 11) is 1.67. The third-order valence-electron chi connectivity index (χ3n) is 4.29. The highest BCUT2D eigenvalue weighted by molar-refractivity contribution is 7.98. The molecule has 0 N–H and O–H groups in total. The van der Waals surface area contributed by atoms with Gasteiger partial charge in [0.2, 0.25) is 0 Å². The van der Waals surface area contributed by atoms with E-state index in [1.54, 1.807) is 18.9 Å². The predicted octanol–water partition coefficient (Wildman–Crippen LogP) is 5.89. The van der Waals surface area contributed by atoms with Crippen molar-refractivity contribution in [1.82, 2.24) is 14.8 Å². The molecule has 0 aliphatic carbocycles. The van der Waals surface area contributed by atoms with Crippen molar-refractivity contribution in [3.63, 3.8) is 0 Å². The Labute approximate surface area is 173 Å². The van der Waals surface area contributed by atoms with Crippen LogP contribution in [0.4, 0.5) is 0 Å². The van der Waals surface area contributed by atoms with E-state index >= 15 is 0 Å². The molecular formula is C22H18ClN3OS. The molecule has 4 aromatic rings. The van der Waals surface area contributed by atoms with E-state index in [9.17, 15) is 0 Å². The molecule has 0 aliphatic heterocycles. The third kappa shape index (κ3) is 3.91. The zero-order valence-corrected chi connectivity index (χ0v) is 16.8. The van der Waals surface area contributed by atoms with Crippen LogP contribution in [0.5, 0.6) is 5.75 Å². The van der Waals surface area contributed by atoms with Gasteiger partial charge in [-0.15, -0.1) is 10.2 Å². The first-order valence-corrected chi connectivity index (χ1v) is 10.1. The van der Waals surface area contributed by atoms with Crippen LogP contribution in [0.1, 0.15) is 5.56 Å². The van der Waals surface area contributed by atoms with Crippen molar-refractivity contribution in [2.24, 2.45) is 0 Å². The molecule has 6 heteroatoms. The normalized spacial score (nSPS) is 10.8. The first-order chi connectivity index (χ1) is 13.8. The topological polar surface area (TPSA) is 39.9 Å². The van der Waals surface area contributed by atoms with E-state index in [1.807, 2.05) is 66.7 Å². The molecule has 0 atom stereocenters. The molecular weight excluding hydrogens is 390 g/mol. The van der Waals surface area contributed by atoms with Gasteiger partial charge in [0.25, 0.3) is 0 Å². The van der Waals surface area contributed by atoms with Gasteiger partial charge in [0, 0.05) is 17.0 Å². The fraction of sp³-hybridized carbons (Fsp3) is 0.0909. The number of halogens is 1. The fourth-order valence-electron chi connectivity index (χ4n) is 2.86. The highest BCUT2D eigenvalue weighted by Crippen LogP contribution is 2.33. The molecule has 140 valence electrons. The number of thioether (sulfide) groups is 1. The van der Waals surface area contributed by atoms with Crippen molar-refractivity contribution < 1.29 is 4.74 Å². The number of aromatic nitrogens is 3. The molecule has 1 aromatic heterocycles. The van der Waals surface area contributed by atoms with Crippen LogP contribution in [0, 0.1) is 0 Å². The second-order valence-corrected chi connectivity index (χ2v) is 7.44. The van der Waals surface area contributed by atoms with Gasteiger partial charge in [-0.05, 0) is 42.0 Å². The Bertz CT molecular complexity index is 1060. The van der Waals surface area contributed by atoms with Gasteiger partial charge in [0.05, 0.1) is 12.1 Å². The maximum atomic E-state index is 6.43. The predicted molar refractivity (Wildman–Crippen MR) is 114 cm³/mol. The van der Waals surface area contributed by atoms with E-state index in [-0.39, 0.29) is 0 Å². The Balaban J connectivity index is 1.70. The second-order valence-electron chi connectivity index (χ2n) is 6.09. The van der Waals surface area contributed by atoms with Gasteiger partial charge in [0.15, 0.2) is 11.0 Å². The molecule has 4 nitrogen and oxygen atoms in total. The number of nitrogens with zero attached hydrogens (tertiary/aromatic N) is 3. The SMILES string of the molecule is COc1ccc(CSc2nnc(-c3ccccc3Cl)n2-c2ccccc2)cc1. The van der Waals surface area contributed by atoms with E-state index < -0.39 is 0 Å². The van der Waals surface area contributed by atoms with Crippen LogP contribution in [-0.2, 0) is 5.75 Å². The van der Waals surface area contributed by atoms with Crippen LogP contribution in [0.15, 0.2) is 84.0 Å². The summed E-state index contributed by atoms with van der Waals surface area (Å²) >= 11 is 8.06. The van der Waals surface area contributed by atoms with E-state index in [1.165, 1.54) is 5.56 Å². The van der Waals surface area contributed by atoms with Crippen molar-refractivity contribution >= 4 is 23.4 Å². The van der Waals surface area contributed by atoms with Gasteiger partial charge >= 0.3 is 0 Å². The van der Waals surface area contributed by atoms with Crippen LogP contribution in [-0.4, -0.2) is 21.9 Å². The second kappa shape index (κ2) is 8.50. The molecule has 28 heavy (non-hydrogen) atoms. The summed E-state index contributed by atoms with van der Waals surface area (Å²) in [4.78, 5) is 0. The lowest BCUT2D eigenvalue weighted by Crippen LogP contribution is -2.00. The molecule has 0 fully saturated rings. The molecule has 0 amide bonds. The maximum Gasteiger partial charge on any atom is 0.196 e. The van der Waals surface area contributed by atoms with Gasteiger partial charge < -0.3 is 4.74 Å². The van der Waals surface area contributed by atoms with Gasteiger partial charge in [-0.1, -0.05) is 65.8 Å². The van der Waals surface area contributed by atoms with Gasteiger partial charge in [0.1, 0.15) is 5.75 Å². The van der Waals surface area contributed by atoms with E-state index in [4.69, 9.17) is 16.3 Å². The summed E-state index contributed by atoms with van der Waals surface area (Å²) in [6, 6.07) is 25.8. The highest BCUT2D eigenvalue weighted by Gasteiger charge is 2.17. The van der Waals surface area contributed by atoms with Crippen molar-refractivity contribution in [2.45, 2.75) is 10.9 Å². The minimum atomic E-state index is 0.652. The highest BCUT2D eigenvalue weighted by atomic mass is 35.5. The molecule has 0 saturated heterocycles. The van der Waals surface area contributed by atoms with Crippen LogP contribution in [0.2, 0.25) is 5.02 Å². The minimum Gasteiger partial charge on any atom is -0.497 e. The number of hydrogen-bond acceptors (Lipinski definition) is 4. The zero-order valence-electron chi connectivity index (χ0n) is 15.2. The number of ether oxygens (including phenoxy) is 1. The lowest BCUT2D eigenvalue weighted by molar-refractivity contribution is 0.414. The van der Waals surface area contributed by atoms with Gasteiger partial charge in [-0.25, -0.2) is 0 Å². The summed E-state index contributed by atoms with van der Waals surface area (Å²) in [6.45, 7) is 0. The number of rotatable bonds is 6. The molecule has 0 spiro atoms. The fourth-order valence-corrected chi connectivity index (χ4v) is 3.99. The van der Waals surface area contributed by atoms with Crippen molar-refractivity contribution in [3.05, 3.63) is 89.4 Å². The number of para-hydroxylation sites is 1. The molecule has 0 radical (unpaired) electrons. The summed E-state index contributed by atoms with van der Waals surface area (Å²) in [6.07, 6.45) is 0. The molecule has 0 unspecified atom stereocenters. The maximum absolute atomic E-state index is 6.43. The third-order valence-corrected chi connectivity index (χ3v) is 5.62. The average molecular weight is 408 g/mol. The van der Waals surface area contributed by atoms with E-state index in [2.05, 4.69) is 26.9 Å². The standard InChI is InChI=1S/C22H18ClN3OS/c1-27-18-13-11-16(12-14-18)15-28-22-25-24-21(19-9-5-6-10-20(19)23)26(22)17-7-3-2-4-8-17/h2-14H,15H2,1H3. The molecule has 4 rings (SSSR count). The Morgan fingerprint density at radius 3 is 2.32 bits per heavy atom. The van der Waals surface area contributed by atoms with Crippen molar-refractivity contribution in [1.29, 1.82) is 0 Å². The molecule has 0 aliphatic rings. The van der Waals surface area contributed by atoms with Crippen LogP contribution in [0.3, 0.4) is 0 Å². The summed E-state index contributed by atoms with van der Waals surface area (Å²) in [5, 5.41) is 10.4. The van der Waals surface area contributed by atoms with Gasteiger partial charge in [-0.3, -0.25) is 4.57 Å². The van der Waals surface area contributed by atoms with Crippen molar-refractivity contribution in [2.75, 3.05) is 7.11 Å². The Morgan fingerprint density at radius 1 is 0.893 bits per heavy atom. The lowest BCUT2D eigenvalue weighted by Gasteiger charge is -2.11. The smallest absolute Gasteiger partial charge is 0.196 e. The zero-order chi connectivity index (χ0) is 19.3. The van der Waals surface area contributed by atoms with Crippen molar-refractivity contribution in [3.8, 4) is 22.8 Å². The Hall–Kier alpha value is -2.76. The Morgan fingerprint density at radius 2 is 1.61 bits per heavy atom. The number of methoxy groups -OCH3 is 1. The van der Waals surface area contributed by atoms with E-state index in [0.29, 0.717) is 5.02 Å². The van der Waals surface area contributed by atoms with Crippen LogP contribution < -0.4 is 4.74 Å². The monoisotopic (exact) mass is 407 g/mol. The number of hydrogen-bond donors (Lipinski definition) is 0. The van der Waals surface area contributed by atoms with E-state index in [0.717, 1.165) is 33.7 Å². The van der Waals surface area contributed by atoms with Crippen LogP contribution >= 0.6 is 23.4 Å². The van der Waals surface area contributed by atoms with Crippen LogP contribution in [0.25, 0.3) is 17.1 Å². The summed E-state index contributed by atoms with van der Waals surface area (Å²) in [5.74, 6) is 2.36. The first-order valence-electron chi connectivity index (χ1n) is 8.78. The molecule has 3 aromatic carbocycles. The average Bonchev–Trinajstić information content (AvgIpc) is 3.17. The quantitative estimate of drug-likeness (QED) is 0.374. The number of benzene rings is 3. The largest absolute Gasteiger partial charge is 0.497 e. The summed E-state index contributed by atoms with van der Waals surface area (Å²) in [5.41, 5.74) is 3.05. The molecule has 0 bridgehead atoms. The first kappa shape index (κ1) is 18.6. The molecule has 0 saturated carbocycles. The van der Waals surface area contributed by atoms with Gasteiger partial charge in [-0.2, -0.15) is 0 Å². The lowest BCUT2D eigenvalue weighted by atomic mass is 10.2. The molecule has 1 heterocycles. The Kier molecular flexibility index (Phi) is 5.65.